The predicted octanol–water partition coefficient (Wildman–Crippen LogP) is 3.12. The number of carbonyl (C=O) groups is 3. The van der Waals surface area contributed by atoms with Crippen LogP contribution in [0.15, 0.2) is 58.1 Å². The Morgan fingerprint density at radius 1 is 1.10 bits per heavy atom. The predicted molar refractivity (Wildman–Crippen MR) is 110 cm³/mol. The van der Waals surface area contributed by atoms with Crippen LogP contribution in [-0.2, 0) is 14.3 Å². The van der Waals surface area contributed by atoms with Crippen LogP contribution in [0.1, 0.15) is 22.5 Å². The molecule has 2 heterocycles. The number of rotatable bonds is 4. The summed E-state index contributed by atoms with van der Waals surface area (Å²) < 4.78 is 10.6. The molecule has 0 spiro atoms. The molecular weight excluding hydrogens is 396 g/mol. The third kappa shape index (κ3) is 2.65. The van der Waals surface area contributed by atoms with Gasteiger partial charge in [-0.3, -0.25) is 9.59 Å². The molecule has 1 aromatic carbocycles. The third-order valence-corrected chi connectivity index (χ3v) is 7.13. The fourth-order valence-electron chi connectivity index (χ4n) is 5.66. The average molecular weight is 416 g/mol. The van der Waals surface area contributed by atoms with E-state index in [2.05, 4.69) is 17.3 Å². The highest BCUT2D eigenvalue weighted by molar-refractivity contribution is 6.06. The Morgan fingerprint density at radius 2 is 1.81 bits per heavy atom. The molecule has 156 valence electrons. The number of carbonyl (C=O) groups excluding carboxylic acids is 3. The SMILES string of the molecule is COC(=O)c1cccc(-c2ccc(C=NN3C(=O)[C@@H]4[C@H]5C=C[C@@H]([C@@H]6C[C@@H]56)[C@@H]4C3=O)o2)c1. The first-order valence-electron chi connectivity index (χ1n) is 10.5. The van der Waals surface area contributed by atoms with Crippen molar-refractivity contribution in [1.29, 1.82) is 0 Å². The lowest BCUT2D eigenvalue weighted by atomic mass is 9.63. The van der Waals surface area contributed by atoms with Gasteiger partial charge in [-0.2, -0.15) is 10.1 Å². The number of hydrogen-bond donors (Lipinski definition) is 0. The van der Waals surface area contributed by atoms with E-state index in [4.69, 9.17) is 9.15 Å². The van der Waals surface area contributed by atoms with Gasteiger partial charge in [-0.15, -0.1) is 0 Å². The van der Waals surface area contributed by atoms with E-state index in [1.54, 1.807) is 30.3 Å². The Bertz CT molecular complexity index is 1140. The molecule has 2 amide bonds. The smallest absolute Gasteiger partial charge is 0.337 e. The number of methoxy groups -OCH3 is 1. The van der Waals surface area contributed by atoms with Crippen molar-refractivity contribution in [2.24, 2.45) is 40.6 Å². The minimum absolute atomic E-state index is 0.175. The number of allylic oxidation sites excluding steroid dienone is 2. The number of nitrogens with zero attached hydrogens (tertiary/aromatic N) is 2. The molecule has 31 heavy (non-hydrogen) atoms. The van der Waals surface area contributed by atoms with Crippen molar-refractivity contribution in [1.82, 2.24) is 5.01 Å². The Kier molecular flexibility index (Phi) is 3.84. The second-order valence-corrected chi connectivity index (χ2v) is 8.66. The molecule has 2 saturated carbocycles. The fraction of sp³-hybridized carbons (Fsp3) is 0.333. The summed E-state index contributed by atoms with van der Waals surface area (Å²) in [4.78, 5) is 37.7. The zero-order valence-corrected chi connectivity index (χ0v) is 16.8. The van der Waals surface area contributed by atoms with Gasteiger partial charge < -0.3 is 9.15 Å². The zero-order valence-electron chi connectivity index (χ0n) is 16.8. The molecule has 3 fully saturated rings. The first-order valence-corrected chi connectivity index (χ1v) is 10.5. The number of esters is 1. The van der Waals surface area contributed by atoms with E-state index in [-0.39, 0.29) is 35.5 Å². The van der Waals surface area contributed by atoms with E-state index in [9.17, 15) is 14.4 Å². The van der Waals surface area contributed by atoms with Gasteiger partial charge in [-0.25, -0.2) is 4.79 Å². The van der Waals surface area contributed by atoms with Crippen LogP contribution in [-0.4, -0.2) is 36.1 Å². The summed E-state index contributed by atoms with van der Waals surface area (Å²) in [6, 6.07) is 10.4. The quantitative estimate of drug-likeness (QED) is 0.331. The van der Waals surface area contributed by atoms with Crippen molar-refractivity contribution in [3.05, 3.63) is 59.9 Å². The highest BCUT2D eigenvalue weighted by Gasteiger charge is 2.67. The van der Waals surface area contributed by atoms with Crippen LogP contribution in [0.4, 0.5) is 0 Å². The van der Waals surface area contributed by atoms with Crippen molar-refractivity contribution < 1.29 is 23.5 Å². The maximum absolute atomic E-state index is 13.0. The molecule has 6 atom stereocenters. The fourth-order valence-corrected chi connectivity index (χ4v) is 5.66. The Hall–Kier alpha value is -3.48. The van der Waals surface area contributed by atoms with Crippen LogP contribution in [0.25, 0.3) is 11.3 Å². The number of imide groups is 1. The molecule has 5 aliphatic rings. The van der Waals surface area contributed by atoms with Crippen molar-refractivity contribution in [2.45, 2.75) is 6.42 Å². The molecule has 0 unspecified atom stereocenters. The van der Waals surface area contributed by atoms with Crippen LogP contribution in [0, 0.1) is 35.5 Å². The number of benzene rings is 1. The second kappa shape index (κ2) is 6.51. The topological polar surface area (TPSA) is 89.2 Å². The van der Waals surface area contributed by atoms with Gasteiger partial charge in [0.2, 0.25) is 0 Å². The molecule has 4 aliphatic carbocycles. The van der Waals surface area contributed by atoms with Crippen LogP contribution in [0.2, 0.25) is 0 Å². The minimum atomic E-state index is -0.427. The van der Waals surface area contributed by atoms with E-state index in [1.807, 2.05) is 6.07 Å². The standard InChI is InChI=1S/C24H20N2O5/c1-30-24(29)13-4-2-3-12(9-13)19-8-5-14(31-19)11-25-26-22(27)20-15-6-7-16(18-10-17(15)18)21(20)23(26)28/h2-9,11,15-18,20-21H,10H2,1H3/t15-,16-,17-,18-,20-,21+/m0/s1. The van der Waals surface area contributed by atoms with Gasteiger partial charge in [0, 0.05) is 5.56 Å². The van der Waals surface area contributed by atoms with Crippen molar-refractivity contribution in [2.75, 3.05) is 7.11 Å². The van der Waals surface area contributed by atoms with Crippen LogP contribution >= 0.6 is 0 Å². The monoisotopic (exact) mass is 416 g/mol. The second-order valence-electron chi connectivity index (χ2n) is 8.66. The molecule has 0 radical (unpaired) electrons. The highest BCUT2D eigenvalue weighted by atomic mass is 16.5. The molecular formula is C24H20N2O5. The number of hydrazone groups is 1. The van der Waals surface area contributed by atoms with Crippen LogP contribution < -0.4 is 0 Å². The molecule has 1 aliphatic heterocycles. The summed E-state index contributed by atoms with van der Waals surface area (Å²) in [5.74, 6) is 1.07. The lowest BCUT2D eigenvalue weighted by Crippen LogP contribution is -2.40. The molecule has 1 saturated heterocycles. The molecule has 0 N–H and O–H groups in total. The van der Waals surface area contributed by atoms with Crippen LogP contribution in [0.5, 0.6) is 0 Å². The Morgan fingerprint density at radius 3 is 2.48 bits per heavy atom. The summed E-state index contributed by atoms with van der Waals surface area (Å²) in [6.07, 6.45) is 6.81. The van der Waals surface area contributed by atoms with Gasteiger partial charge in [0.05, 0.1) is 30.7 Å². The number of amides is 2. The maximum atomic E-state index is 13.0. The third-order valence-electron chi connectivity index (χ3n) is 7.13. The number of furan rings is 1. The van der Waals surface area contributed by atoms with Crippen molar-refractivity contribution in [3.8, 4) is 11.3 Å². The van der Waals surface area contributed by atoms with Gasteiger partial charge in [0.1, 0.15) is 11.5 Å². The van der Waals surface area contributed by atoms with Gasteiger partial charge in [0.15, 0.2) is 0 Å². The van der Waals surface area contributed by atoms with Gasteiger partial charge >= 0.3 is 5.97 Å². The first kappa shape index (κ1) is 18.3. The van der Waals surface area contributed by atoms with Gasteiger partial charge in [-0.1, -0.05) is 24.3 Å². The minimum Gasteiger partial charge on any atom is -0.465 e. The van der Waals surface area contributed by atoms with E-state index in [1.165, 1.54) is 13.3 Å². The number of ether oxygens (including phenoxy) is 1. The summed E-state index contributed by atoms with van der Waals surface area (Å²) in [5, 5.41) is 5.23. The summed E-state index contributed by atoms with van der Waals surface area (Å²) in [7, 11) is 1.33. The largest absolute Gasteiger partial charge is 0.465 e. The normalized spacial score (nSPS) is 32.5. The molecule has 7 nitrogen and oxygen atoms in total. The summed E-state index contributed by atoms with van der Waals surface area (Å²) >= 11 is 0. The number of hydrogen-bond acceptors (Lipinski definition) is 6. The van der Waals surface area contributed by atoms with Gasteiger partial charge in [-0.05, 0) is 54.4 Å². The van der Waals surface area contributed by atoms with E-state index >= 15 is 0 Å². The lowest BCUT2D eigenvalue weighted by Gasteiger charge is -2.37. The van der Waals surface area contributed by atoms with Gasteiger partial charge in [0.25, 0.3) is 11.8 Å². The van der Waals surface area contributed by atoms with E-state index < -0.39 is 5.97 Å². The molecule has 2 aromatic rings. The van der Waals surface area contributed by atoms with E-state index in [0.29, 0.717) is 34.5 Å². The Balaban J connectivity index is 1.22. The highest BCUT2D eigenvalue weighted by Crippen LogP contribution is 2.65. The van der Waals surface area contributed by atoms with Crippen molar-refractivity contribution >= 4 is 24.0 Å². The average Bonchev–Trinajstić information content (AvgIpc) is 3.44. The maximum Gasteiger partial charge on any atom is 0.337 e. The zero-order chi connectivity index (χ0) is 21.3. The molecule has 7 heteroatoms. The molecule has 7 rings (SSSR count). The Labute approximate surface area is 178 Å². The summed E-state index contributed by atoms with van der Waals surface area (Å²) in [6.45, 7) is 0. The first-order chi connectivity index (χ1) is 15.1. The molecule has 2 bridgehead atoms. The lowest BCUT2D eigenvalue weighted by molar-refractivity contribution is -0.140. The molecule has 1 aromatic heterocycles. The van der Waals surface area contributed by atoms with Crippen LogP contribution in [0.3, 0.4) is 0 Å². The summed E-state index contributed by atoms with van der Waals surface area (Å²) in [5.41, 5.74) is 1.13. The van der Waals surface area contributed by atoms with E-state index in [0.717, 1.165) is 11.4 Å². The van der Waals surface area contributed by atoms with Crippen molar-refractivity contribution in [3.63, 3.8) is 0 Å².